The first-order valence-corrected chi connectivity index (χ1v) is 9.47. The van der Waals surface area contributed by atoms with Crippen molar-refractivity contribution in [2.24, 2.45) is 0 Å². The van der Waals surface area contributed by atoms with Gasteiger partial charge in [-0.1, -0.05) is 0 Å². The summed E-state index contributed by atoms with van der Waals surface area (Å²) in [7, 11) is 0. The molecule has 2 aromatic heterocycles. The second kappa shape index (κ2) is 7.42. The Morgan fingerprint density at radius 2 is 2.29 bits per heavy atom. The molecule has 0 spiro atoms. The Morgan fingerprint density at radius 1 is 1.46 bits per heavy atom. The zero-order valence-electron chi connectivity index (χ0n) is 13.3. The third kappa shape index (κ3) is 4.00. The number of carboxylic acid groups (broad SMARTS) is 1. The molecule has 8 heteroatoms. The van der Waals surface area contributed by atoms with Crippen LogP contribution in [0.3, 0.4) is 0 Å². The molecule has 0 aliphatic carbocycles. The highest BCUT2D eigenvalue weighted by Gasteiger charge is 2.29. The van der Waals surface area contributed by atoms with Gasteiger partial charge in [0.2, 0.25) is 0 Å². The second-order valence-electron chi connectivity index (χ2n) is 5.76. The average molecular weight is 365 g/mol. The van der Waals surface area contributed by atoms with Crippen molar-refractivity contribution in [3.63, 3.8) is 0 Å². The number of nitrogens with zero attached hydrogens (tertiary/aromatic N) is 2. The first-order valence-electron chi connectivity index (χ1n) is 7.77. The summed E-state index contributed by atoms with van der Waals surface area (Å²) >= 11 is 3.01. The highest BCUT2D eigenvalue weighted by Crippen LogP contribution is 2.35. The van der Waals surface area contributed by atoms with Crippen molar-refractivity contribution in [1.82, 2.24) is 15.2 Å². The standard InChI is InChI=1S/C16H19N3O3S2/c1-10-18-11(9-23-10)7-17-16(22)14-5-4-13(24-14)12-3-2-6-19(12)8-15(20)21/h4-5,9,12H,2-3,6-8H2,1H3,(H,17,22)(H,20,21). The van der Waals surface area contributed by atoms with Crippen LogP contribution in [0.1, 0.15) is 44.1 Å². The molecule has 2 aromatic rings. The summed E-state index contributed by atoms with van der Waals surface area (Å²) in [6.07, 6.45) is 1.92. The van der Waals surface area contributed by atoms with Crippen molar-refractivity contribution in [1.29, 1.82) is 0 Å². The van der Waals surface area contributed by atoms with E-state index in [2.05, 4.69) is 10.3 Å². The number of hydrogen-bond acceptors (Lipinski definition) is 6. The summed E-state index contributed by atoms with van der Waals surface area (Å²) < 4.78 is 0. The molecule has 0 aromatic carbocycles. The number of aromatic nitrogens is 1. The molecule has 1 aliphatic rings. The van der Waals surface area contributed by atoms with E-state index in [4.69, 9.17) is 5.11 Å². The van der Waals surface area contributed by atoms with E-state index in [1.807, 2.05) is 29.3 Å². The molecule has 1 unspecified atom stereocenters. The third-order valence-corrected chi connectivity index (χ3v) is 5.99. The lowest BCUT2D eigenvalue weighted by Gasteiger charge is -2.21. The number of aryl methyl sites for hydroxylation is 1. The van der Waals surface area contributed by atoms with Crippen LogP contribution in [0.2, 0.25) is 0 Å². The Kier molecular flexibility index (Phi) is 5.27. The van der Waals surface area contributed by atoms with Crippen molar-refractivity contribution in [2.75, 3.05) is 13.1 Å². The van der Waals surface area contributed by atoms with Gasteiger partial charge in [0.1, 0.15) is 0 Å². The van der Waals surface area contributed by atoms with Gasteiger partial charge >= 0.3 is 5.97 Å². The molecule has 0 bridgehead atoms. The van der Waals surface area contributed by atoms with Gasteiger partial charge in [-0.15, -0.1) is 22.7 Å². The van der Waals surface area contributed by atoms with Crippen LogP contribution in [0, 0.1) is 6.92 Å². The zero-order valence-corrected chi connectivity index (χ0v) is 15.0. The van der Waals surface area contributed by atoms with Crippen LogP contribution in [0.15, 0.2) is 17.5 Å². The SMILES string of the molecule is Cc1nc(CNC(=O)c2ccc(C3CCCN3CC(=O)O)s2)cs1. The number of hydrogen-bond donors (Lipinski definition) is 2. The first-order chi connectivity index (χ1) is 11.5. The quantitative estimate of drug-likeness (QED) is 0.822. The number of likely N-dealkylation sites (tertiary alicyclic amines) is 1. The molecule has 1 fully saturated rings. The molecule has 1 saturated heterocycles. The van der Waals surface area contributed by atoms with E-state index in [0.29, 0.717) is 11.4 Å². The molecule has 1 amide bonds. The molecule has 128 valence electrons. The maximum atomic E-state index is 12.3. The number of carbonyl (C=O) groups is 2. The van der Waals surface area contributed by atoms with E-state index >= 15 is 0 Å². The normalized spacial score (nSPS) is 18.0. The number of amides is 1. The number of carboxylic acids is 1. The summed E-state index contributed by atoms with van der Waals surface area (Å²) in [6, 6.07) is 3.87. The van der Waals surface area contributed by atoms with E-state index in [-0.39, 0.29) is 18.5 Å². The highest BCUT2D eigenvalue weighted by molar-refractivity contribution is 7.14. The molecule has 0 saturated carbocycles. The highest BCUT2D eigenvalue weighted by atomic mass is 32.1. The van der Waals surface area contributed by atoms with Crippen LogP contribution >= 0.6 is 22.7 Å². The van der Waals surface area contributed by atoms with E-state index < -0.39 is 5.97 Å². The van der Waals surface area contributed by atoms with Crippen LogP contribution in [0.4, 0.5) is 0 Å². The Morgan fingerprint density at radius 3 is 3.00 bits per heavy atom. The molecule has 3 heterocycles. The largest absolute Gasteiger partial charge is 0.480 e. The van der Waals surface area contributed by atoms with Crippen LogP contribution in [-0.2, 0) is 11.3 Å². The fourth-order valence-electron chi connectivity index (χ4n) is 2.91. The van der Waals surface area contributed by atoms with Crippen LogP contribution < -0.4 is 5.32 Å². The van der Waals surface area contributed by atoms with E-state index in [1.54, 1.807) is 11.3 Å². The summed E-state index contributed by atoms with van der Waals surface area (Å²) in [6.45, 7) is 3.20. The zero-order chi connectivity index (χ0) is 17.1. The molecule has 1 aliphatic heterocycles. The molecular formula is C16H19N3O3S2. The lowest BCUT2D eigenvalue weighted by molar-refractivity contribution is -0.138. The van der Waals surface area contributed by atoms with Gasteiger partial charge in [-0.25, -0.2) is 4.98 Å². The van der Waals surface area contributed by atoms with Gasteiger partial charge in [-0.3, -0.25) is 14.5 Å². The predicted octanol–water partition coefficient (Wildman–Crippen LogP) is 2.66. The number of carbonyl (C=O) groups excluding carboxylic acids is 1. The summed E-state index contributed by atoms with van der Waals surface area (Å²) in [5.41, 5.74) is 0.867. The summed E-state index contributed by atoms with van der Waals surface area (Å²) in [5, 5.41) is 14.8. The minimum absolute atomic E-state index is 0.0489. The Hall–Kier alpha value is -1.77. The van der Waals surface area contributed by atoms with Gasteiger partial charge in [-0.2, -0.15) is 0 Å². The van der Waals surface area contributed by atoms with Crippen LogP contribution in [-0.4, -0.2) is 40.0 Å². The van der Waals surface area contributed by atoms with Gasteiger partial charge < -0.3 is 10.4 Å². The Balaban J connectivity index is 1.62. The molecule has 24 heavy (non-hydrogen) atoms. The average Bonchev–Trinajstić information content (AvgIpc) is 3.24. The lowest BCUT2D eigenvalue weighted by atomic mass is 10.2. The van der Waals surface area contributed by atoms with Gasteiger partial charge in [0.05, 0.1) is 28.7 Å². The molecular weight excluding hydrogens is 346 g/mol. The monoisotopic (exact) mass is 365 g/mol. The summed E-state index contributed by atoms with van der Waals surface area (Å²) in [5.74, 6) is -0.922. The fraction of sp³-hybridized carbons (Fsp3) is 0.438. The molecule has 1 atom stereocenters. The maximum Gasteiger partial charge on any atom is 0.317 e. The number of nitrogens with one attached hydrogen (secondary N) is 1. The van der Waals surface area contributed by atoms with Crippen molar-refractivity contribution in [2.45, 2.75) is 32.4 Å². The maximum absolute atomic E-state index is 12.3. The summed E-state index contributed by atoms with van der Waals surface area (Å²) in [4.78, 5) is 31.2. The number of thiazole rings is 1. The number of rotatable bonds is 6. The van der Waals surface area contributed by atoms with Crippen molar-refractivity contribution < 1.29 is 14.7 Å². The van der Waals surface area contributed by atoms with Gasteiger partial charge in [0.25, 0.3) is 5.91 Å². The number of thiophene rings is 1. The first kappa shape index (κ1) is 17.1. The van der Waals surface area contributed by atoms with Gasteiger partial charge in [-0.05, 0) is 38.4 Å². The fourth-order valence-corrected chi connectivity index (χ4v) is 4.62. The van der Waals surface area contributed by atoms with E-state index in [0.717, 1.165) is 35.0 Å². The third-order valence-electron chi connectivity index (χ3n) is 3.98. The predicted molar refractivity (Wildman–Crippen MR) is 93.5 cm³/mol. The van der Waals surface area contributed by atoms with Crippen LogP contribution in [0.5, 0.6) is 0 Å². The minimum atomic E-state index is -0.810. The minimum Gasteiger partial charge on any atom is -0.480 e. The lowest BCUT2D eigenvalue weighted by Crippen LogP contribution is -2.28. The number of aliphatic carboxylic acids is 1. The molecule has 0 radical (unpaired) electrons. The van der Waals surface area contributed by atoms with E-state index in [1.165, 1.54) is 11.3 Å². The van der Waals surface area contributed by atoms with Crippen LogP contribution in [0.25, 0.3) is 0 Å². The van der Waals surface area contributed by atoms with Crippen molar-refractivity contribution >= 4 is 34.6 Å². The smallest absolute Gasteiger partial charge is 0.317 e. The Labute approximate surface area is 148 Å². The van der Waals surface area contributed by atoms with Crippen molar-refractivity contribution in [3.05, 3.63) is 38.0 Å². The topological polar surface area (TPSA) is 82.5 Å². The van der Waals surface area contributed by atoms with E-state index in [9.17, 15) is 9.59 Å². The van der Waals surface area contributed by atoms with Crippen molar-refractivity contribution in [3.8, 4) is 0 Å². The molecule has 2 N–H and O–H groups in total. The van der Waals surface area contributed by atoms with Gasteiger partial charge in [0, 0.05) is 16.3 Å². The molecule has 3 rings (SSSR count). The van der Waals surface area contributed by atoms with Gasteiger partial charge in [0.15, 0.2) is 0 Å². The Bertz CT molecular complexity index is 741. The second-order valence-corrected chi connectivity index (χ2v) is 7.94. The molecule has 6 nitrogen and oxygen atoms in total.